The van der Waals surface area contributed by atoms with Crippen molar-refractivity contribution < 1.29 is 4.79 Å². The number of anilines is 1. The monoisotopic (exact) mass is 387 g/mol. The van der Waals surface area contributed by atoms with Crippen LogP contribution in [-0.2, 0) is 0 Å². The fraction of sp³-hybridized carbons (Fsp3) is 0.391. The number of pyridine rings is 1. The molecule has 6 nitrogen and oxygen atoms in total. The predicted octanol–water partition coefficient (Wildman–Crippen LogP) is 3.84. The van der Waals surface area contributed by atoms with Gasteiger partial charge in [-0.1, -0.05) is 18.9 Å². The molecule has 0 bridgehead atoms. The van der Waals surface area contributed by atoms with E-state index in [1.54, 1.807) is 6.07 Å². The number of aryl methyl sites for hydroxylation is 2. The normalized spacial score (nSPS) is 19.3. The van der Waals surface area contributed by atoms with Crippen LogP contribution in [-0.4, -0.2) is 22.6 Å². The molecule has 148 valence electrons. The Balaban J connectivity index is 1.71. The van der Waals surface area contributed by atoms with Crippen molar-refractivity contribution in [3.63, 3.8) is 0 Å². The lowest BCUT2D eigenvalue weighted by Gasteiger charge is -2.27. The molecule has 2 aliphatic rings. The number of nitriles is 1. The van der Waals surface area contributed by atoms with Gasteiger partial charge in [0.15, 0.2) is 0 Å². The summed E-state index contributed by atoms with van der Waals surface area (Å²) in [5.74, 6) is 0.962. The molecule has 0 radical (unpaired) electrons. The summed E-state index contributed by atoms with van der Waals surface area (Å²) in [6, 6.07) is 11.9. The third kappa shape index (κ3) is 3.61. The molecule has 0 unspecified atom stereocenters. The van der Waals surface area contributed by atoms with Crippen molar-refractivity contribution in [2.24, 2.45) is 16.8 Å². The molecule has 1 saturated carbocycles. The number of primary amides is 1. The fourth-order valence-electron chi connectivity index (χ4n) is 4.55. The van der Waals surface area contributed by atoms with E-state index in [0.717, 1.165) is 34.8 Å². The zero-order chi connectivity index (χ0) is 20.5. The average Bonchev–Trinajstić information content (AvgIpc) is 3.37. The highest BCUT2D eigenvalue weighted by atomic mass is 16.1. The van der Waals surface area contributed by atoms with Gasteiger partial charge in [0.2, 0.25) is 5.91 Å². The first-order valence-electron chi connectivity index (χ1n) is 10.1. The van der Waals surface area contributed by atoms with E-state index >= 15 is 0 Å². The van der Waals surface area contributed by atoms with Crippen LogP contribution in [0.2, 0.25) is 0 Å². The predicted molar refractivity (Wildman–Crippen MR) is 113 cm³/mol. The SMILES string of the molecule is Cc1cc(C2=NN(c3ccc(C#N)c(C)n3)[C@@H](C3CCCC3)C2)ccc1C(N)=O. The molecule has 1 amide bonds. The van der Waals surface area contributed by atoms with E-state index in [9.17, 15) is 10.1 Å². The summed E-state index contributed by atoms with van der Waals surface area (Å²) in [4.78, 5) is 16.2. The van der Waals surface area contributed by atoms with Crippen molar-refractivity contribution in [1.29, 1.82) is 5.26 Å². The summed E-state index contributed by atoms with van der Waals surface area (Å²) in [6.07, 6.45) is 5.78. The molecule has 1 atom stereocenters. The number of carbonyl (C=O) groups is 1. The van der Waals surface area contributed by atoms with E-state index in [2.05, 4.69) is 16.1 Å². The second kappa shape index (κ2) is 7.67. The molecule has 1 aliphatic heterocycles. The number of benzene rings is 1. The highest BCUT2D eigenvalue weighted by Gasteiger charge is 2.36. The van der Waals surface area contributed by atoms with Crippen LogP contribution < -0.4 is 10.7 Å². The van der Waals surface area contributed by atoms with E-state index < -0.39 is 5.91 Å². The maximum atomic E-state index is 11.6. The van der Waals surface area contributed by atoms with Gasteiger partial charge in [-0.05, 0) is 68.0 Å². The molecule has 2 heterocycles. The van der Waals surface area contributed by atoms with Crippen LogP contribution in [0.3, 0.4) is 0 Å². The Kier molecular flexibility index (Phi) is 5.06. The van der Waals surface area contributed by atoms with Crippen LogP contribution in [0.5, 0.6) is 0 Å². The first kappa shape index (κ1) is 19.1. The maximum Gasteiger partial charge on any atom is 0.248 e. The van der Waals surface area contributed by atoms with E-state index in [-0.39, 0.29) is 6.04 Å². The number of hydrogen-bond acceptors (Lipinski definition) is 5. The summed E-state index contributed by atoms with van der Waals surface area (Å²) >= 11 is 0. The first-order chi connectivity index (χ1) is 14.0. The molecule has 1 aliphatic carbocycles. The number of nitrogens with two attached hydrogens (primary N) is 1. The number of hydrazone groups is 1. The van der Waals surface area contributed by atoms with Crippen LogP contribution in [0.25, 0.3) is 0 Å². The third-order valence-electron chi connectivity index (χ3n) is 6.14. The highest BCUT2D eigenvalue weighted by Crippen LogP contribution is 2.38. The van der Waals surface area contributed by atoms with E-state index in [0.29, 0.717) is 17.0 Å². The summed E-state index contributed by atoms with van der Waals surface area (Å²) in [6.45, 7) is 3.76. The van der Waals surface area contributed by atoms with Gasteiger partial charge in [0.1, 0.15) is 11.9 Å². The number of nitrogens with zero attached hydrogens (tertiary/aromatic N) is 4. The van der Waals surface area contributed by atoms with E-state index in [1.807, 2.05) is 38.1 Å². The van der Waals surface area contributed by atoms with Crippen LogP contribution in [0, 0.1) is 31.1 Å². The molecular formula is C23H25N5O. The Labute approximate surface area is 171 Å². The van der Waals surface area contributed by atoms with Gasteiger partial charge in [-0.3, -0.25) is 4.79 Å². The number of aromatic nitrogens is 1. The van der Waals surface area contributed by atoms with Crippen LogP contribution in [0.4, 0.5) is 5.82 Å². The molecule has 4 rings (SSSR count). The molecule has 29 heavy (non-hydrogen) atoms. The Bertz CT molecular complexity index is 1030. The molecule has 2 aromatic rings. The van der Waals surface area contributed by atoms with Crippen molar-refractivity contribution in [3.8, 4) is 6.07 Å². The minimum Gasteiger partial charge on any atom is -0.366 e. The number of carbonyl (C=O) groups excluding carboxylic acids is 1. The Morgan fingerprint density at radius 2 is 1.97 bits per heavy atom. The second-order valence-corrected chi connectivity index (χ2v) is 8.02. The van der Waals surface area contributed by atoms with Crippen LogP contribution in [0.1, 0.15) is 64.8 Å². The zero-order valence-electron chi connectivity index (χ0n) is 16.9. The van der Waals surface area contributed by atoms with Gasteiger partial charge in [0, 0.05) is 12.0 Å². The van der Waals surface area contributed by atoms with E-state index in [1.165, 1.54) is 25.7 Å². The van der Waals surface area contributed by atoms with Gasteiger partial charge in [0.25, 0.3) is 0 Å². The van der Waals surface area contributed by atoms with Crippen molar-refractivity contribution >= 4 is 17.4 Å². The van der Waals surface area contributed by atoms with Crippen LogP contribution in [0.15, 0.2) is 35.4 Å². The number of amides is 1. The summed E-state index contributed by atoms with van der Waals surface area (Å²) in [5, 5.41) is 16.2. The van der Waals surface area contributed by atoms with Gasteiger partial charge in [-0.15, -0.1) is 0 Å². The molecule has 6 heteroatoms. The molecule has 0 spiro atoms. The Hall–Kier alpha value is -3.20. The van der Waals surface area contributed by atoms with Crippen molar-refractivity contribution in [2.75, 3.05) is 5.01 Å². The Morgan fingerprint density at radius 1 is 1.21 bits per heavy atom. The molecule has 1 fully saturated rings. The van der Waals surface area contributed by atoms with Gasteiger partial charge < -0.3 is 5.73 Å². The van der Waals surface area contributed by atoms with Crippen molar-refractivity contribution in [2.45, 2.75) is 52.0 Å². The van der Waals surface area contributed by atoms with Crippen molar-refractivity contribution in [1.82, 2.24) is 4.98 Å². The summed E-state index contributed by atoms with van der Waals surface area (Å²) < 4.78 is 0. The quantitative estimate of drug-likeness (QED) is 0.862. The van der Waals surface area contributed by atoms with Gasteiger partial charge in [-0.25, -0.2) is 9.99 Å². The topological polar surface area (TPSA) is 95.4 Å². The molecule has 1 aromatic heterocycles. The smallest absolute Gasteiger partial charge is 0.248 e. The summed E-state index contributed by atoms with van der Waals surface area (Å²) in [7, 11) is 0. The lowest BCUT2D eigenvalue weighted by molar-refractivity contribution is 0.0999. The van der Waals surface area contributed by atoms with Crippen molar-refractivity contribution in [3.05, 3.63) is 58.3 Å². The molecule has 2 N–H and O–H groups in total. The van der Waals surface area contributed by atoms with Crippen LogP contribution >= 0.6 is 0 Å². The lowest BCUT2D eigenvalue weighted by Crippen LogP contribution is -2.33. The zero-order valence-corrected chi connectivity index (χ0v) is 16.9. The third-order valence-corrected chi connectivity index (χ3v) is 6.14. The maximum absolute atomic E-state index is 11.6. The molecule has 0 saturated heterocycles. The summed E-state index contributed by atoms with van der Waals surface area (Å²) in [5.41, 5.74) is 10.2. The number of hydrogen-bond donors (Lipinski definition) is 1. The highest BCUT2D eigenvalue weighted by molar-refractivity contribution is 6.04. The standard InChI is InChI=1S/C23H25N5O/c1-14-11-17(7-9-19(14)23(25)29)20-12-21(16-5-3-4-6-16)28(27-20)22-10-8-18(13-24)15(2)26-22/h7-11,16,21H,3-6,12H2,1-2H3,(H2,25,29)/t21-/m1/s1. The average molecular weight is 387 g/mol. The molecule has 1 aromatic carbocycles. The van der Waals surface area contributed by atoms with Gasteiger partial charge in [-0.2, -0.15) is 10.4 Å². The van der Waals surface area contributed by atoms with Gasteiger partial charge in [0.05, 0.1) is 23.0 Å². The largest absolute Gasteiger partial charge is 0.366 e. The fourth-order valence-corrected chi connectivity index (χ4v) is 4.55. The Morgan fingerprint density at radius 3 is 2.59 bits per heavy atom. The lowest BCUT2D eigenvalue weighted by atomic mass is 9.91. The second-order valence-electron chi connectivity index (χ2n) is 8.02. The van der Waals surface area contributed by atoms with Gasteiger partial charge >= 0.3 is 0 Å². The minimum atomic E-state index is -0.412. The first-order valence-corrected chi connectivity index (χ1v) is 10.1. The molecular weight excluding hydrogens is 362 g/mol. The number of rotatable bonds is 4. The minimum absolute atomic E-state index is 0.267. The van der Waals surface area contributed by atoms with E-state index in [4.69, 9.17) is 10.8 Å².